The van der Waals surface area contributed by atoms with Crippen LogP contribution in [-0.2, 0) is 16.0 Å². The maximum Gasteiger partial charge on any atom is 0.390 e. The summed E-state index contributed by atoms with van der Waals surface area (Å²) in [6.45, 7) is 0. The number of carbonyl (C=O) groups is 1. The van der Waals surface area contributed by atoms with Crippen molar-refractivity contribution in [1.82, 2.24) is 0 Å². The van der Waals surface area contributed by atoms with E-state index in [4.69, 9.17) is 5.73 Å². The molecule has 0 amide bonds. The number of alkyl halides is 3. The maximum atomic E-state index is 12.3. The summed E-state index contributed by atoms with van der Waals surface area (Å²) in [6.07, 6.45) is -5.48. The number of hydrogen-bond donors (Lipinski definition) is 1. The van der Waals surface area contributed by atoms with Crippen LogP contribution in [0.2, 0.25) is 0 Å². The summed E-state index contributed by atoms with van der Waals surface area (Å²) < 4.78 is 41.6. The van der Waals surface area contributed by atoms with E-state index in [1.807, 2.05) is 0 Å². The van der Waals surface area contributed by atoms with Gasteiger partial charge < -0.3 is 10.5 Å². The molecule has 0 aliphatic rings. The van der Waals surface area contributed by atoms with Gasteiger partial charge in [0.25, 0.3) is 0 Å². The third kappa shape index (κ3) is 5.30. The fraction of sp³-hybridized carbons (Fsp3) is 0.462. The van der Waals surface area contributed by atoms with Gasteiger partial charge in [0.2, 0.25) is 0 Å². The molecule has 3 nitrogen and oxygen atoms in total. The molecule has 0 radical (unpaired) electrons. The molecule has 0 aromatic heterocycles. The molecule has 2 unspecified atom stereocenters. The van der Waals surface area contributed by atoms with Crippen LogP contribution in [0.3, 0.4) is 0 Å². The molecule has 6 heteroatoms. The number of benzene rings is 1. The van der Waals surface area contributed by atoms with Gasteiger partial charge in [-0.3, -0.25) is 4.79 Å². The van der Waals surface area contributed by atoms with Crippen LogP contribution in [0.15, 0.2) is 30.3 Å². The largest absolute Gasteiger partial charge is 0.469 e. The first-order chi connectivity index (χ1) is 8.83. The molecule has 0 heterocycles. The predicted molar refractivity (Wildman–Crippen MR) is 64.3 cm³/mol. The summed E-state index contributed by atoms with van der Waals surface area (Å²) in [5.74, 6) is -1.73. The van der Waals surface area contributed by atoms with Crippen molar-refractivity contribution in [1.29, 1.82) is 0 Å². The number of nitrogens with two attached hydrogens (primary N) is 1. The Morgan fingerprint density at radius 1 is 1.32 bits per heavy atom. The Balaban J connectivity index is 2.80. The lowest BCUT2D eigenvalue weighted by atomic mass is 9.90. The van der Waals surface area contributed by atoms with Gasteiger partial charge in [-0.15, -0.1) is 0 Å². The predicted octanol–water partition coefficient (Wildman–Crippen LogP) is 2.30. The lowest BCUT2D eigenvalue weighted by Gasteiger charge is -2.22. The summed E-state index contributed by atoms with van der Waals surface area (Å²) in [5.41, 5.74) is 6.25. The fourth-order valence-electron chi connectivity index (χ4n) is 1.84. The highest BCUT2D eigenvalue weighted by molar-refractivity contribution is 5.73. The van der Waals surface area contributed by atoms with E-state index in [9.17, 15) is 18.0 Å². The Morgan fingerprint density at radius 3 is 2.37 bits per heavy atom. The van der Waals surface area contributed by atoms with Crippen molar-refractivity contribution >= 4 is 5.97 Å². The van der Waals surface area contributed by atoms with E-state index >= 15 is 0 Å². The lowest BCUT2D eigenvalue weighted by Crippen LogP contribution is -2.40. The summed E-state index contributed by atoms with van der Waals surface area (Å²) in [6, 6.07) is 7.43. The molecule has 0 bridgehead atoms. The standard InChI is InChI=1S/C13H16F3NO2/c1-19-12(18)10(11(17)8-13(14,15)16)7-9-5-3-2-4-6-9/h2-6,10-11H,7-8,17H2,1H3. The van der Waals surface area contributed by atoms with Gasteiger partial charge in [-0.1, -0.05) is 30.3 Å². The van der Waals surface area contributed by atoms with Gasteiger partial charge in [0, 0.05) is 6.04 Å². The average molecular weight is 275 g/mol. The van der Waals surface area contributed by atoms with Crippen molar-refractivity contribution in [3.8, 4) is 0 Å². The van der Waals surface area contributed by atoms with Gasteiger partial charge >= 0.3 is 12.1 Å². The molecule has 0 spiro atoms. The first kappa shape index (κ1) is 15.5. The highest BCUT2D eigenvalue weighted by Crippen LogP contribution is 2.25. The Bertz CT molecular complexity index is 406. The van der Waals surface area contributed by atoms with E-state index in [-0.39, 0.29) is 6.42 Å². The topological polar surface area (TPSA) is 52.3 Å². The van der Waals surface area contributed by atoms with Gasteiger partial charge in [0.15, 0.2) is 0 Å². The molecule has 0 fully saturated rings. The first-order valence-corrected chi connectivity index (χ1v) is 5.77. The fourth-order valence-corrected chi connectivity index (χ4v) is 1.84. The number of ether oxygens (including phenoxy) is 1. The van der Waals surface area contributed by atoms with E-state index in [0.29, 0.717) is 0 Å². The molecule has 1 rings (SSSR count). The third-order valence-corrected chi connectivity index (χ3v) is 2.79. The number of hydrogen-bond acceptors (Lipinski definition) is 3. The normalized spacial score (nSPS) is 14.8. The summed E-state index contributed by atoms with van der Waals surface area (Å²) in [7, 11) is 1.14. The molecular formula is C13H16F3NO2. The molecule has 106 valence electrons. The second-order valence-electron chi connectivity index (χ2n) is 4.30. The Morgan fingerprint density at radius 2 is 1.89 bits per heavy atom. The van der Waals surface area contributed by atoms with Crippen LogP contribution in [0, 0.1) is 5.92 Å². The monoisotopic (exact) mass is 275 g/mol. The van der Waals surface area contributed by atoms with Crippen LogP contribution >= 0.6 is 0 Å². The van der Waals surface area contributed by atoms with Crippen molar-refractivity contribution in [2.45, 2.75) is 25.1 Å². The van der Waals surface area contributed by atoms with Gasteiger partial charge in [-0.05, 0) is 12.0 Å². The van der Waals surface area contributed by atoms with E-state index in [1.165, 1.54) is 0 Å². The summed E-state index contributed by atoms with van der Waals surface area (Å²) >= 11 is 0. The highest BCUT2D eigenvalue weighted by Gasteiger charge is 2.37. The van der Waals surface area contributed by atoms with Crippen molar-refractivity contribution < 1.29 is 22.7 Å². The molecule has 0 aliphatic carbocycles. The Kier molecular flexibility index (Phi) is 5.35. The Hall–Kier alpha value is -1.56. The van der Waals surface area contributed by atoms with E-state index < -0.39 is 30.5 Å². The van der Waals surface area contributed by atoms with Crippen LogP contribution < -0.4 is 5.73 Å². The molecule has 1 aromatic carbocycles. The molecule has 2 atom stereocenters. The quantitative estimate of drug-likeness (QED) is 0.839. The smallest absolute Gasteiger partial charge is 0.390 e. The van der Waals surface area contributed by atoms with Gasteiger partial charge in [-0.2, -0.15) is 13.2 Å². The van der Waals surface area contributed by atoms with Crippen LogP contribution in [0.4, 0.5) is 13.2 Å². The zero-order chi connectivity index (χ0) is 14.5. The molecule has 1 aromatic rings. The number of carbonyl (C=O) groups excluding carboxylic acids is 1. The van der Waals surface area contributed by atoms with Crippen LogP contribution in [-0.4, -0.2) is 25.3 Å². The minimum atomic E-state index is -4.40. The number of esters is 1. The number of rotatable bonds is 5. The molecular weight excluding hydrogens is 259 g/mol. The van der Waals surface area contributed by atoms with Crippen LogP contribution in [0.1, 0.15) is 12.0 Å². The minimum Gasteiger partial charge on any atom is -0.469 e. The first-order valence-electron chi connectivity index (χ1n) is 5.77. The van der Waals surface area contributed by atoms with Crippen molar-refractivity contribution in [2.75, 3.05) is 7.11 Å². The van der Waals surface area contributed by atoms with E-state index in [2.05, 4.69) is 4.74 Å². The number of methoxy groups -OCH3 is 1. The van der Waals surface area contributed by atoms with Gasteiger partial charge in [0.05, 0.1) is 19.4 Å². The second-order valence-corrected chi connectivity index (χ2v) is 4.30. The molecule has 0 saturated heterocycles. The zero-order valence-corrected chi connectivity index (χ0v) is 10.5. The third-order valence-electron chi connectivity index (χ3n) is 2.79. The minimum absolute atomic E-state index is 0.130. The van der Waals surface area contributed by atoms with Crippen molar-refractivity contribution in [3.05, 3.63) is 35.9 Å². The summed E-state index contributed by atoms with van der Waals surface area (Å²) in [4.78, 5) is 11.6. The van der Waals surface area contributed by atoms with E-state index in [0.717, 1.165) is 12.7 Å². The Labute approximate surface area is 109 Å². The molecule has 0 aliphatic heterocycles. The maximum absolute atomic E-state index is 12.3. The van der Waals surface area contributed by atoms with Crippen LogP contribution in [0.25, 0.3) is 0 Å². The summed E-state index contributed by atoms with van der Waals surface area (Å²) in [5, 5.41) is 0. The molecule has 19 heavy (non-hydrogen) atoms. The second kappa shape index (κ2) is 6.56. The zero-order valence-electron chi connectivity index (χ0n) is 10.5. The van der Waals surface area contributed by atoms with Gasteiger partial charge in [-0.25, -0.2) is 0 Å². The molecule has 0 saturated carbocycles. The molecule has 2 N–H and O–H groups in total. The highest BCUT2D eigenvalue weighted by atomic mass is 19.4. The van der Waals surface area contributed by atoms with Gasteiger partial charge in [0.1, 0.15) is 0 Å². The van der Waals surface area contributed by atoms with Crippen molar-refractivity contribution in [2.24, 2.45) is 11.7 Å². The average Bonchev–Trinajstić information content (AvgIpc) is 2.34. The SMILES string of the molecule is COC(=O)C(Cc1ccccc1)C(N)CC(F)(F)F. The lowest BCUT2D eigenvalue weighted by molar-refractivity contribution is -0.153. The van der Waals surface area contributed by atoms with E-state index in [1.54, 1.807) is 30.3 Å². The van der Waals surface area contributed by atoms with Crippen LogP contribution in [0.5, 0.6) is 0 Å². The van der Waals surface area contributed by atoms with Crippen molar-refractivity contribution in [3.63, 3.8) is 0 Å². The number of halogens is 3.